The smallest absolute Gasteiger partial charge is 0.338 e. The van der Waals surface area contributed by atoms with Crippen molar-refractivity contribution in [2.75, 3.05) is 13.2 Å². The lowest BCUT2D eigenvalue weighted by molar-refractivity contribution is -0.0377. The molecular weight excluding hydrogens is 323 g/mol. The first-order valence-corrected chi connectivity index (χ1v) is 8.24. The molecule has 0 aliphatic carbocycles. The van der Waals surface area contributed by atoms with E-state index in [0.717, 1.165) is 5.56 Å². The first-order chi connectivity index (χ1) is 12.1. The Kier molecular flexibility index (Phi) is 5.46. The molecule has 0 saturated carbocycles. The molecule has 132 valence electrons. The lowest BCUT2D eigenvalue weighted by Gasteiger charge is -2.26. The number of ether oxygens (including phenoxy) is 3. The second-order valence-corrected chi connectivity index (χ2v) is 6.32. The van der Waals surface area contributed by atoms with Crippen molar-refractivity contribution in [3.63, 3.8) is 0 Å². The maximum Gasteiger partial charge on any atom is 0.338 e. The lowest BCUT2D eigenvalue weighted by atomic mass is 10.00. The van der Waals surface area contributed by atoms with Crippen molar-refractivity contribution in [2.45, 2.75) is 31.4 Å². The van der Waals surface area contributed by atoms with Gasteiger partial charge in [-0.05, 0) is 24.6 Å². The summed E-state index contributed by atoms with van der Waals surface area (Å²) in [5.74, 6) is -0.555. The standard InChI is InChI=1S/C20H21FO4/c1-20(25-19(22)16-10-6-3-7-11-16)14-24-17(18(20)21)13-23-12-15-8-4-2-5-9-15/h2-11,17-18H,12-14H2,1H3. The Labute approximate surface area is 146 Å². The van der Waals surface area contributed by atoms with Crippen LogP contribution >= 0.6 is 0 Å². The number of halogens is 1. The molecule has 2 aromatic carbocycles. The molecule has 0 N–H and O–H groups in total. The van der Waals surface area contributed by atoms with Gasteiger partial charge in [0.25, 0.3) is 0 Å². The Morgan fingerprint density at radius 3 is 2.48 bits per heavy atom. The summed E-state index contributed by atoms with van der Waals surface area (Å²) in [5.41, 5.74) is 0.0853. The van der Waals surface area contributed by atoms with E-state index in [1.54, 1.807) is 37.3 Å². The van der Waals surface area contributed by atoms with Crippen LogP contribution in [-0.2, 0) is 20.8 Å². The largest absolute Gasteiger partial charge is 0.450 e. The summed E-state index contributed by atoms with van der Waals surface area (Å²) in [5, 5.41) is 0. The van der Waals surface area contributed by atoms with Crippen molar-refractivity contribution in [1.29, 1.82) is 0 Å². The highest BCUT2D eigenvalue weighted by atomic mass is 19.1. The molecule has 0 bridgehead atoms. The summed E-state index contributed by atoms with van der Waals surface area (Å²) in [7, 11) is 0. The van der Waals surface area contributed by atoms with Gasteiger partial charge in [0.2, 0.25) is 0 Å². The number of carbonyl (C=O) groups excluding carboxylic acids is 1. The van der Waals surface area contributed by atoms with E-state index >= 15 is 0 Å². The third-order valence-electron chi connectivity index (χ3n) is 4.22. The van der Waals surface area contributed by atoms with Gasteiger partial charge in [-0.15, -0.1) is 0 Å². The maximum atomic E-state index is 14.8. The van der Waals surface area contributed by atoms with E-state index in [4.69, 9.17) is 14.2 Å². The zero-order valence-corrected chi connectivity index (χ0v) is 14.1. The predicted molar refractivity (Wildman–Crippen MR) is 91.0 cm³/mol. The van der Waals surface area contributed by atoms with Crippen molar-refractivity contribution in [3.8, 4) is 0 Å². The van der Waals surface area contributed by atoms with Gasteiger partial charge in [-0.25, -0.2) is 9.18 Å². The molecule has 2 aromatic rings. The molecule has 1 aliphatic rings. The Morgan fingerprint density at radius 1 is 1.16 bits per heavy atom. The summed E-state index contributed by atoms with van der Waals surface area (Å²) in [6, 6.07) is 18.2. The highest BCUT2D eigenvalue weighted by Crippen LogP contribution is 2.32. The second kappa shape index (κ2) is 7.76. The van der Waals surface area contributed by atoms with Crippen molar-refractivity contribution < 1.29 is 23.4 Å². The molecule has 0 radical (unpaired) electrons. The molecular formula is C20H21FO4. The third kappa shape index (κ3) is 4.24. The summed E-state index contributed by atoms with van der Waals surface area (Å²) < 4.78 is 31.2. The molecule has 1 heterocycles. The minimum Gasteiger partial charge on any atom is -0.450 e. The Balaban J connectivity index is 1.53. The topological polar surface area (TPSA) is 44.8 Å². The summed E-state index contributed by atoms with van der Waals surface area (Å²) in [4.78, 5) is 12.2. The zero-order valence-electron chi connectivity index (χ0n) is 14.1. The van der Waals surface area contributed by atoms with E-state index in [9.17, 15) is 9.18 Å². The number of esters is 1. The van der Waals surface area contributed by atoms with Gasteiger partial charge < -0.3 is 14.2 Å². The Hall–Kier alpha value is -2.24. The first-order valence-electron chi connectivity index (χ1n) is 8.24. The third-order valence-corrected chi connectivity index (χ3v) is 4.22. The van der Waals surface area contributed by atoms with E-state index in [1.807, 2.05) is 30.3 Å². The average Bonchev–Trinajstić information content (AvgIpc) is 2.92. The Bertz CT molecular complexity index is 691. The first kappa shape index (κ1) is 17.6. The van der Waals surface area contributed by atoms with Gasteiger partial charge in [0.1, 0.15) is 6.10 Å². The van der Waals surface area contributed by atoms with Crippen LogP contribution in [0.25, 0.3) is 0 Å². The molecule has 4 nitrogen and oxygen atoms in total. The van der Waals surface area contributed by atoms with Crippen molar-refractivity contribution in [3.05, 3.63) is 71.8 Å². The molecule has 3 rings (SSSR count). The Morgan fingerprint density at radius 2 is 1.80 bits per heavy atom. The fourth-order valence-electron chi connectivity index (χ4n) is 2.76. The normalized spacial score (nSPS) is 25.7. The summed E-state index contributed by atoms with van der Waals surface area (Å²) in [6.45, 7) is 2.05. The molecule has 1 fully saturated rings. The highest BCUT2D eigenvalue weighted by molar-refractivity contribution is 5.89. The van der Waals surface area contributed by atoms with Crippen molar-refractivity contribution in [2.24, 2.45) is 0 Å². The van der Waals surface area contributed by atoms with Crippen LogP contribution in [0.15, 0.2) is 60.7 Å². The molecule has 5 heteroatoms. The van der Waals surface area contributed by atoms with Crippen LogP contribution in [0.5, 0.6) is 0 Å². The minimum atomic E-state index is -1.45. The van der Waals surface area contributed by atoms with Gasteiger partial charge in [0.15, 0.2) is 11.8 Å². The van der Waals surface area contributed by atoms with E-state index < -0.39 is 23.8 Å². The van der Waals surface area contributed by atoms with E-state index in [-0.39, 0.29) is 13.2 Å². The molecule has 25 heavy (non-hydrogen) atoms. The highest BCUT2D eigenvalue weighted by Gasteiger charge is 2.50. The predicted octanol–water partition coefficient (Wildman–Crippen LogP) is 3.56. The number of rotatable bonds is 6. The van der Waals surface area contributed by atoms with Crippen LogP contribution < -0.4 is 0 Å². The summed E-state index contributed by atoms with van der Waals surface area (Å²) >= 11 is 0. The van der Waals surface area contributed by atoms with Gasteiger partial charge >= 0.3 is 5.97 Å². The number of hydrogen-bond donors (Lipinski definition) is 0. The average molecular weight is 344 g/mol. The van der Waals surface area contributed by atoms with Gasteiger partial charge in [0.05, 0.1) is 25.4 Å². The number of hydrogen-bond acceptors (Lipinski definition) is 4. The van der Waals surface area contributed by atoms with Gasteiger partial charge in [-0.3, -0.25) is 0 Å². The maximum absolute atomic E-state index is 14.8. The SMILES string of the molecule is CC1(OC(=O)c2ccccc2)COC(COCc2ccccc2)C1F. The van der Waals surface area contributed by atoms with E-state index in [2.05, 4.69) is 0 Å². The molecule has 3 unspecified atom stereocenters. The number of benzene rings is 2. The zero-order chi connectivity index (χ0) is 17.7. The molecule has 0 aromatic heterocycles. The van der Waals surface area contributed by atoms with Crippen LogP contribution in [0, 0.1) is 0 Å². The van der Waals surface area contributed by atoms with Crippen LogP contribution in [0.2, 0.25) is 0 Å². The fraction of sp³-hybridized carbons (Fsp3) is 0.350. The monoisotopic (exact) mass is 344 g/mol. The molecule has 1 saturated heterocycles. The minimum absolute atomic E-state index is 0.00606. The molecule has 1 aliphatic heterocycles. The van der Waals surface area contributed by atoms with Crippen LogP contribution in [-0.4, -0.2) is 37.1 Å². The van der Waals surface area contributed by atoms with Gasteiger partial charge in [0, 0.05) is 0 Å². The molecule has 0 spiro atoms. The van der Waals surface area contributed by atoms with Gasteiger partial charge in [-0.2, -0.15) is 0 Å². The van der Waals surface area contributed by atoms with Crippen molar-refractivity contribution in [1.82, 2.24) is 0 Å². The molecule has 3 atom stereocenters. The van der Waals surface area contributed by atoms with E-state index in [1.165, 1.54) is 0 Å². The van der Waals surface area contributed by atoms with E-state index in [0.29, 0.717) is 12.2 Å². The quantitative estimate of drug-likeness (QED) is 0.752. The van der Waals surface area contributed by atoms with Crippen LogP contribution in [0.3, 0.4) is 0 Å². The van der Waals surface area contributed by atoms with Crippen molar-refractivity contribution >= 4 is 5.97 Å². The van der Waals surface area contributed by atoms with Crippen LogP contribution in [0.1, 0.15) is 22.8 Å². The molecule has 0 amide bonds. The summed E-state index contributed by atoms with van der Waals surface area (Å²) in [6.07, 6.45) is -2.20. The lowest BCUT2D eigenvalue weighted by Crippen LogP contribution is -2.43. The number of alkyl halides is 1. The fourth-order valence-corrected chi connectivity index (χ4v) is 2.76. The second-order valence-electron chi connectivity index (χ2n) is 6.32. The van der Waals surface area contributed by atoms with Crippen LogP contribution in [0.4, 0.5) is 4.39 Å². The van der Waals surface area contributed by atoms with Gasteiger partial charge in [-0.1, -0.05) is 48.5 Å². The number of carbonyl (C=O) groups is 1.